The third-order valence-electron chi connectivity index (χ3n) is 12.0. The smallest absolute Gasteiger partial charge is 0.383 e. The molecular formula is C33H43F5O4S. The molecule has 10 heteroatoms. The zero-order valence-corrected chi connectivity index (χ0v) is 25.8. The second-order valence-electron chi connectivity index (χ2n) is 14.1. The zero-order chi connectivity index (χ0) is 31.5. The Kier molecular flexibility index (Phi) is 8.50. The van der Waals surface area contributed by atoms with Crippen molar-refractivity contribution in [3.8, 4) is 0 Å². The lowest BCUT2D eigenvalue weighted by Crippen LogP contribution is -2.66. The maximum Gasteiger partial charge on any atom is 0.456 e. The van der Waals surface area contributed by atoms with E-state index in [9.17, 15) is 40.3 Å². The highest BCUT2D eigenvalue weighted by Crippen LogP contribution is 2.72. The lowest BCUT2D eigenvalue weighted by Gasteiger charge is -2.62. The van der Waals surface area contributed by atoms with Crippen molar-refractivity contribution >= 4 is 15.6 Å². The number of halogens is 5. The van der Waals surface area contributed by atoms with E-state index < -0.39 is 45.3 Å². The second kappa shape index (κ2) is 11.2. The van der Waals surface area contributed by atoms with Crippen LogP contribution >= 0.6 is 0 Å². The third kappa shape index (κ3) is 5.30. The predicted molar refractivity (Wildman–Crippen MR) is 153 cm³/mol. The van der Waals surface area contributed by atoms with Crippen LogP contribution in [0.15, 0.2) is 46.9 Å². The van der Waals surface area contributed by atoms with E-state index in [0.29, 0.717) is 43.4 Å². The SMILES string of the molecule is C[C@]12CCC(=O)C=C1C[C@@H](CCCCCCS(=O)(=O)c1ccccc1)[C@@H]1[C@@H]2CC[C@@]2(C)[C@H]1CC[C@@]2(O)C(F)(F)C(F)(F)F. The number of unbranched alkanes of at least 4 members (excludes halogenated alkanes) is 3. The van der Waals surface area contributed by atoms with E-state index in [0.717, 1.165) is 24.8 Å². The Balaban J connectivity index is 1.33. The number of benzene rings is 1. The molecule has 43 heavy (non-hydrogen) atoms. The summed E-state index contributed by atoms with van der Waals surface area (Å²) in [6, 6.07) is 8.31. The molecule has 4 aliphatic rings. The minimum absolute atomic E-state index is 0.00485. The highest BCUT2D eigenvalue weighted by Gasteiger charge is 2.79. The fourth-order valence-electron chi connectivity index (χ4n) is 9.56. The number of sulfone groups is 1. The summed E-state index contributed by atoms with van der Waals surface area (Å²) in [5.41, 5.74) is -3.99. The molecule has 4 nitrogen and oxygen atoms in total. The van der Waals surface area contributed by atoms with Crippen LogP contribution in [0.5, 0.6) is 0 Å². The molecular weight excluding hydrogens is 587 g/mol. The van der Waals surface area contributed by atoms with Crippen molar-refractivity contribution in [1.82, 2.24) is 0 Å². The summed E-state index contributed by atoms with van der Waals surface area (Å²) in [6.45, 7) is 3.57. The molecule has 3 fully saturated rings. The van der Waals surface area contributed by atoms with Gasteiger partial charge in [-0.05, 0) is 98.7 Å². The Labute approximate surface area is 251 Å². The molecule has 0 spiro atoms. The van der Waals surface area contributed by atoms with Crippen LogP contribution in [0, 0.1) is 34.5 Å². The lowest BCUT2D eigenvalue weighted by atomic mass is 9.43. The predicted octanol–water partition coefficient (Wildman–Crippen LogP) is 8.10. The number of fused-ring (bicyclic) bond motifs is 5. The van der Waals surface area contributed by atoms with Crippen LogP contribution in [0.2, 0.25) is 0 Å². The average molecular weight is 631 g/mol. The molecule has 1 aromatic rings. The molecule has 0 heterocycles. The summed E-state index contributed by atoms with van der Waals surface area (Å²) in [4.78, 5) is 12.7. The highest BCUT2D eigenvalue weighted by atomic mass is 32.2. The van der Waals surface area contributed by atoms with E-state index >= 15 is 0 Å². The van der Waals surface area contributed by atoms with Gasteiger partial charge in [-0.15, -0.1) is 0 Å². The van der Waals surface area contributed by atoms with Gasteiger partial charge in [0.25, 0.3) is 0 Å². The highest BCUT2D eigenvalue weighted by molar-refractivity contribution is 7.91. The molecule has 0 unspecified atom stereocenters. The van der Waals surface area contributed by atoms with Crippen molar-refractivity contribution in [2.45, 2.75) is 113 Å². The van der Waals surface area contributed by atoms with Crippen molar-refractivity contribution in [3.05, 3.63) is 42.0 Å². The molecule has 7 atom stereocenters. The number of hydrogen-bond donors (Lipinski definition) is 1. The summed E-state index contributed by atoms with van der Waals surface area (Å²) in [6.07, 6.45) is 1.05. The quantitative estimate of drug-likeness (QED) is 0.221. The van der Waals surface area contributed by atoms with Gasteiger partial charge in [0.15, 0.2) is 15.6 Å². The van der Waals surface area contributed by atoms with Gasteiger partial charge in [-0.2, -0.15) is 22.0 Å². The average Bonchev–Trinajstić information content (AvgIpc) is 3.23. The maximum atomic E-state index is 15.0. The molecule has 1 N–H and O–H groups in total. The number of alkyl halides is 5. The Hall–Kier alpha value is -1.81. The van der Waals surface area contributed by atoms with E-state index in [1.165, 1.54) is 6.92 Å². The van der Waals surface area contributed by atoms with Crippen LogP contribution in [0.4, 0.5) is 22.0 Å². The van der Waals surface area contributed by atoms with E-state index in [2.05, 4.69) is 6.92 Å². The van der Waals surface area contributed by atoms with E-state index in [4.69, 9.17) is 0 Å². The van der Waals surface area contributed by atoms with Crippen molar-refractivity contribution in [1.29, 1.82) is 0 Å². The minimum atomic E-state index is -5.85. The first-order chi connectivity index (χ1) is 20.0. The fourth-order valence-corrected chi connectivity index (χ4v) is 11.0. The van der Waals surface area contributed by atoms with Gasteiger partial charge in [0, 0.05) is 11.8 Å². The van der Waals surface area contributed by atoms with Crippen molar-refractivity contribution < 1.29 is 40.3 Å². The van der Waals surface area contributed by atoms with E-state index in [1.54, 1.807) is 36.4 Å². The first kappa shape index (κ1) is 32.6. The molecule has 0 bridgehead atoms. The Bertz CT molecular complexity index is 1340. The Morgan fingerprint density at radius 2 is 1.56 bits per heavy atom. The van der Waals surface area contributed by atoms with Gasteiger partial charge in [0.1, 0.15) is 5.60 Å². The van der Waals surface area contributed by atoms with Gasteiger partial charge in [-0.1, -0.05) is 56.9 Å². The topological polar surface area (TPSA) is 71.4 Å². The van der Waals surface area contributed by atoms with Crippen LogP contribution in [-0.4, -0.2) is 42.8 Å². The first-order valence-electron chi connectivity index (χ1n) is 15.7. The minimum Gasteiger partial charge on any atom is -0.383 e. The Morgan fingerprint density at radius 3 is 2.23 bits per heavy atom. The number of carbonyl (C=O) groups excluding carboxylic acids is 1. The fraction of sp³-hybridized carbons (Fsp3) is 0.727. The molecule has 5 rings (SSSR count). The molecule has 4 aliphatic carbocycles. The summed E-state index contributed by atoms with van der Waals surface area (Å²) in [5.74, 6) is -5.67. The van der Waals surface area contributed by atoms with Crippen LogP contribution in [0.1, 0.15) is 90.9 Å². The van der Waals surface area contributed by atoms with E-state index in [-0.39, 0.29) is 47.5 Å². The third-order valence-corrected chi connectivity index (χ3v) is 13.8. The largest absolute Gasteiger partial charge is 0.456 e. The molecule has 0 aliphatic heterocycles. The standard InChI is InChI=1S/C33H43F5O4S/c1-29-16-13-24(39)21-23(29)20-22(10-6-3-4-9-19-43(41,42)25-11-7-5-8-12-25)28-26(29)14-17-30(2)27(28)15-18-31(30,40)32(34,35)33(36,37)38/h5,7-8,11-12,21-22,26-28,40H,3-4,6,9-10,13-20H2,1-2H3/t22-,26+,27+,28-,29+,30+,31+/m1/s1. The summed E-state index contributed by atoms with van der Waals surface area (Å²) < 4.78 is 96.1. The Morgan fingerprint density at radius 1 is 0.907 bits per heavy atom. The monoisotopic (exact) mass is 630 g/mol. The van der Waals surface area contributed by atoms with Crippen LogP contribution in [0.3, 0.4) is 0 Å². The van der Waals surface area contributed by atoms with Gasteiger partial charge < -0.3 is 5.11 Å². The van der Waals surface area contributed by atoms with Crippen molar-refractivity contribution in [2.24, 2.45) is 34.5 Å². The first-order valence-corrected chi connectivity index (χ1v) is 17.3. The summed E-state index contributed by atoms with van der Waals surface area (Å²) >= 11 is 0. The van der Waals surface area contributed by atoms with Crippen LogP contribution in [-0.2, 0) is 14.6 Å². The number of allylic oxidation sites excluding steroid dienone is 1. The molecule has 0 saturated heterocycles. The number of aliphatic hydroxyl groups is 1. The van der Waals surface area contributed by atoms with Gasteiger partial charge in [0.2, 0.25) is 0 Å². The second-order valence-corrected chi connectivity index (χ2v) is 16.2. The maximum absolute atomic E-state index is 15.0. The van der Waals surface area contributed by atoms with Gasteiger partial charge in [-0.3, -0.25) is 4.79 Å². The van der Waals surface area contributed by atoms with Crippen LogP contribution in [0.25, 0.3) is 0 Å². The van der Waals surface area contributed by atoms with Gasteiger partial charge in [-0.25, -0.2) is 8.42 Å². The summed E-state index contributed by atoms with van der Waals surface area (Å²) in [7, 11) is -3.36. The number of carbonyl (C=O) groups is 1. The molecule has 0 amide bonds. The molecule has 240 valence electrons. The molecule has 0 aromatic heterocycles. The van der Waals surface area contributed by atoms with E-state index in [1.807, 2.05) is 0 Å². The zero-order valence-electron chi connectivity index (χ0n) is 24.9. The number of ketones is 1. The van der Waals surface area contributed by atoms with Crippen molar-refractivity contribution in [3.63, 3.8) is 0 Å². The van der Waals surface area contributed by atoms with Gasteiger partial charge >= 0.3 is 12.1 Å². The normalized spacial score (nSPS) is 36.5. The lowest BCUT2D eigenvalue weighted by molar-refractivity contribution is -0.364. The summed E-state index contributed by atoms with van der Waals surface area (Å²) in [5, 5.41) is 11.3. The number of rotatable bonds is 9. The van der Waals surface area contributed by atoms with Crippen LogP contribution < -0.4 is 0 Å². The number of hydrogen-bond acceptors (Lipinski definition) is 4. The molecule has 1 aromatic carbocycles. The molecule has 3 saturated carbocycles. The molecule has 0 radical (unpaired) electrons. The van der Waals surface area contributed by atoms with Gasteiger partial charge in [0.05, 0.1) is 10.6 Å². The van der Waals surface area contributed by atoms with Crippen molar-refractivity contribution in [2.75, 3.05) is 5.75 Å².